The van der Waals surface area contributed by atoms with Gasteiger partial charge in [0.15, 0.2) is 6.10 Å². The highest BCUT2D eigenvalue weighted by atomic mass is 35.5. The van der Waals surface area contributed by atoms with Gasteiger partial charge in [-0.3, -0.25) is 0 Å². The molecule has 1 atom stereocenters. The zero-order chi connectivity index (χ0) is 17.1. The molecule has 0 aliphatic heterocycles. The van der Waals surface area contributed by atoms with Crippen molar-refractivity contribution in [2.45, 2.75) is 33.3 Å². The Morgan fingerprint density at radius 3 is 2.26 bits per heavy atom. The number of carboxylic acid groups (broad SMARTS) is 1. The highest BCUT2D eigenvalue weighted by Gasteiger charge is 2.22. The Bertz CT molecular complexity index is 721. The molecule has 0 spiro atoms. The van der Waals surface area contributed by atoms with Crippen molar-refractivity contribution in [1.82, 2.24) is 0 Å². The van der Waals surface area contributed by atoms with Crippen LogP contribution in [0.3, 0.4) is 0 Å². The van der Waals surface area contributed by atoms with Crippen LogP contribution >= 0.6 is 23.2 Å². The fourth-order valence-corrected chi connectivity index (χ4v) is 2.97. The highest BCUT2D eigenvalue weighted by Crippen LogP contribution is 2.26. The second kappa shape index (κ2) is 7.24. The number of hydrogen-bond acceptors (Lipinski definition) is 2. The van der Waals surface area contributed by atoms with E-state index in [0.717, 1.165) is 22.3 Å². The highest BCUT2D eigenvalue weighted by molar-refractivity contribution is 6.34. The molecule has 5 heteroatoms. The lowest BCUT2D eigenvalue weighted by Gasteiger charge is -2.18. The van der Waals surface area contributed by atoms with Crippen LogP contribution in [-0.4, -0.2) is 17.2 Å². The van der Waals surface area contributed by atoms with Gasteiger partial charge >= 0.3 is 5.97 Å². The van der Waals surface area contributed by atoms with E-state index in [1.54, 1.807) is 18.2 Å². The number of rotatable bonds is 5. The van der Waals surface area contributed by atoms with Gasteiger partial charge in [0.1, 0.15) is 5.75 Å². The number of ether oxygens (including phenoxy) is 1. The lowest BCUT2D eigenvalue weighted by atomic mass is 10.0. The van der Waals surface area contributed by atoms with Gasteiger partial charge in [0.05, 0.1) is 0 Å². The van der Waals surface area contributed by atoms with Gasteiger partial charge in [-0.1, -0.05) is 29.3 Å². The summed E-state index contributed by atoms with van der Waals surface area (Å²) in [5.41, 5.74) is 3.75. The first-order valence-electron chi connectivity index (χ1n) is 7.18. The molecule has 0 fully saturated rings. The molecule has 0 amide bonds. The van der Waals surface area contributed by atoms with Gasteiger partial charge in [0.2, 0.25) is 0 Å². The van der Waals surface area contributed by atoms with Crippen LogP contribution in [0.15, 0.2) is 30.3 Å². The van der Waals surface area contributed by atoms with Gasteiger partial charge in [0.25, 0.3) is 0 Å². The molecule has 0 saturated heterocycles. The summed E-state index contributed by atoms with van der Waals surface area (Å²) in [6.07, 6.45) is -0.827. The maximum absolute atomic E-state index is 11.6. The van der Waals surface area contributed by atoms with Crippen molar-refractivity contribution in [1.29, 1.82) is 0 Å². The van der Waals surface area contributed by atoms with Gasteiger partial charge in [0, 0.05) is 16.5 Å². The Morgan fingerprint density at radius 2 is 1.70 bits per heavy atom. The van der Waals surface area contributed by atoms with E-state index in [9.17, 15) is 9.90 Å². The minimum absolute atomic E-state index is 0.183. The van der Waals surface area contributed by atoms with Crippen LogP contribution in [0.25, 0.3) is 0 Å². The van der Waals surface area contributed by atoms with Crippen LogP contribution in [-0.2, 0) is 11.2 Å². The maximum atomic E-state index is 11.6. The summed E-state index contributed by atoms with van der Waals surface area (Å²) in [5, 5.41) is 10.4. The molecule has 1 unspecified atom stereocenters. The third kappa shape index (κ3) is 4.63. The van der Waals surface area contributed by atoms with E-state index in [1.807, 2.05) is 32.9 Å². The first-order valence-corrected chi connectivity index (χ1v) is 7.94. The number of benzene rings is 2. The van der Waals surface area contributed by atoms with Crippen molar-refractivity contribution < 1.29 is 14.6 Å². The number of carbonyl (C=O) groups is 1. The van der Waals surface area contributed by atoms with Crippen LogP contribution in [0, 0.1) is 20.8 Å². The van der Waals surface area contributed by atoms with Crippen LogP contribution in [0.2, 0.25) is 10.0 Å². The number of aliphatic carboxylic acids is 1. The lowest BCUT2D eigenvalue weighted by Crippen LogP contribution is -2.29. The Labute approximate surface area is 145 Å². The van der Waals surface area contributed by atoms with E-state index in [0.29, 0.717) is 15.8 Å². The fourth-order valence-electron chi connectivity index (χ4n) is 2.40. The minimum atomic E-state index is -1.03. The average molecular weight is 353 g/mol. The SMILES string of the molecule is Cc1cc(C)c(C)c(OC(Cc2cc(Cl)cc(Cl)c2)C(=O)O)c1. The van der Waals surface area contributed by atoms with Crippen molar-refractivity contribution in [3.63, 3.8) is 0 Å². The minimum Gasteiger partial charge on any atom is -0.478 e. The number of hydrogen-bond donors (Lipinski definition) is 1. The van der Waals surface area contributed by atoms with Gasteiger partial charge in [-0.15, -0.1) is 0 Å². The summed E-state index contributed by atoms with van der Waals surface area (Å²) in [5.74, 6) is -0.442. The summed E-state index contributed by atoms with van der Waals surface area (Å²) in [7, 11) is 0. The number of carboxylic acids is 1. The average Bonchev–Trinajstić information content (AvgIpc) is 2.42. The molecule has 2 aromatic carbocycles. The molecular formula is C18H18Cl2O3. The lowest BCUT2D eigenvalue weighted by molar-refractivity contribution is -0.145. The largest absolute Gasteiger partial charge is 0.478 e. The zero-order valence-corrected chi connectivity index (χ0v) is 14.7. The van der Waals surface area contributed by atoms with Gasteiger partial charge in [-0.05, 0) is 67.3 Å². The molecule has 0 aromatic heterocycles. The standard InChI is InChI=1S/C18H18Cl2O3/c1-10-4-11(2)12(3)16(5-10)23-17(18(21)22)8-13-6-14(19)9-15(20)7-13/h4-7,9,17H,8H2,1-3H3,(H,21,22). The van der Waals surface area contributed by atoms with E-state index < -0.39 is 12.1 Å². The van der Waals surface area contributed by atoms with Gasteiger partial charge < -0.3 is 9.84 Å². The van der Waals surface area contributed by atoms with Crippen molar-refractivity contribution in [2.24, 2.45) is 0 Å². The topological polar surface area (TPSA) is 46.5 Å². The van der Waals surface area contributed by atoms with E-state index in [2.05, 4.69) is 0 Å². The number of aryl methyl sites for hydroxylation is 2. The monoisotopic (exact) mass is 352 g/mol. The summed E-state index contributed by atoms with van der Waals surface area (Å²) < 4.78 is 5.77. The molecule has 0 heterocycles. The van der Waals surface area contributed by atoms with Crippen LogP contribution in [0.5, 0.6) is 5.75 Å². The van der Waals surface area contributed by atoms with Crippen LogP contribution < -0.4 is 4.74 Å². The normalized spacial score (nSPS) is 12.0. The predicted molar refractivity (Wildman–Crippen MR) is 92.9 cm³/mol. The second-order valence-electron chi connectivity index (χ2n) is 5.63. The molecule has 23 heavy (non-hydrogen) atoms. The second-order valence-corrected chi connectivity index (χ2v) is 6.50. The molecule has 122 valence electrons. The molecule has 1 N–H and O–H groups in total. The van der Waals surface area contributed by atoms with Crippen LogP contribution in [0.4, 0.5) is 0 Å². The van der Waals surface area contributed by atoms with E-state index in [4.69, 9.17) is 27.9 Å². The van der Waals surface area contributed by atoms with E-state index >= 15 is 0 Å². The zero-order valence-electron chi connectivity index (χ0n) is 13.2. The Kier molecular flexibility index (Phi) is 5.55. The van der Waals surface area contributed by atoms with Crippen molar-refractivity contribution in [3.8, 4) is 5.75 Å². The van der Waals surface area contributed by atoms with Crippen LogP contribution in [0.1, 0.15) is 22.3 Å². The third-order valence-corrected chi connectivity index (χ3v) is 4.09. The van der Waals surface area contributed by atoms with Crippen molar-refractivity contribution in [3.05, 3.63) is 62.6 Å². The van der Waals surface area contributed by atoms with Gasteiger partial charge in [-0.2, -0.15) is 0 Å². The van der Waals surface area contributed by atoms with Gasteiger partial charge in [-0.25, -0.2) is 4.79 Å². The van der Waals surface area contributed by atoms with Crippen molar-refractivity contribution in [2.75, 3.05) is 0 Å². The molecular weight excluding hydrogens is 335 g/mol. The first kappa shape index (κ1) is 17.6. The molecule has 2 aromatic rings. The molecule has 0 bridgehead atoms. The third-order valence-electron chi connectivity index (χ3n) is 3.65. The molecule has 0 aliphatic carbocycles. The molecule has 2 rings (SSSR count). The Hall–Kier alpha value is -1.71. The van der Waals surface area contributed by atoms with E-state index in [1.165, 1.54) is 0 Å². The predicted octanol–water partition coefficient (Wildman–Crippen LogP) is 4.99. The fraction of sp³-hybridized carbons (Fsp3) is 0.278. The molecule has 0 radical (unpaired) electrons. The summed E-state index contributed by atoms with van der Waals surface area (Å²) in [6, 6.07) is 8.89. The van der Waals surface area contributed by atoms with E-state index in [-0.39, 0.29) is 6.42 Å². The Morgan fingerprint density at radius 1 is 1.09 bits per heavy atom. The number of halogens is 2. The summed E-state index contributed by atoms with van der Waals surface area (Å²) in [4.78, 5) is 11.6. The maximum Gasteiger partial charge on any atom is 0.345 e. The molecule has 0 saturated carbocycles. The molecule has 3 nitrogen and oxygen atoms in total. The smallest absolute Gasteiger partial charge is 0.345 e. The quantitative estimate of drug-likeness (QED) is 0.823. The van der Waals surface area contributed by atoms with Crippen molar-refractivity contribution >= 4 is 29.2 Å². The first-order chi connectivity index (χ1) is 10.8. The summed E-state index contributed by atoms with van der Waals surface area (Å²) >= 11 is 11.9. The Balaban J connectivity index is 2.28. The summed E-state index contributed by atoms with van der Waals surface area (Å²) in [6.45, 7) is 5.84. The molecule has 0 aliphatic rings.